The van der Waals surface area contributed by atoms with Gasteiger partial charge in [0.15, 0.2) is 0 Å². The molecule has 9 heteroatoms. The molecule has 0 aliphatic carbocycles. The first-order valence-electron chi connectivity index (χ1n) is 10.1. The number of carbonyl (C=O) groups is 1. The number of aryl methyl sites for hydroxylation is 1. The Hall–Kier alpha value is -1.90. The quantitative estimate of drug-likeness (QED) is 0.355. The van der Waals surface area contributed by atoms with Crippen molar-refractivity contribution in [3.63, 3.8) is 0 Å². The molecule has 3 aromatic carbocycles. The van der Waals surface area contributed by atoms with Crippen LogP contribution in [0.25, 0.3) is 0 Å². The third-order valence-electron chi connectivity index (χ3n) is 5.09. The number of nitrogens with zero attached hydrogens (tertiary/aromatic N) is 1. The molecule has 174 valence electrons. The number of nitrogens with one attached hydrogen (secondary N) is 1. The molecule has 0 unspecified atom stereocenters. The van der Waals surface area contributed by atoms with Gasteiger partial charge in [0.1, 0.15) is 0 Å². The van der Waals surface area contributed by atoms with Crippen LogP contribution < -0.4 is 5.32 Å². The summed E-state index contributed by atoms with van der Waals surface area (Å²) in [5, 5.41) is 3.65. The molecular weight excluding hydrogens is 547 g/mol. The van der Waals surface area contributed by atoms with Gasteiger partial charge in [0.05, 0.1) is 17.5 Å². The highest BCUT2D eigenvalue weighted by Crippen LogP contribution is 2.25. The van der Waals surface area contributed by atoms with Crippen molar-refractivity contribution in [1.82, 2.24) is 9.62 Å². The van der Waals surface area contributed by atoms with E-state index >= 15 is 0 Å². The zero-order valence-electron chi connectivity index (χ0n) is 18.1. The molecule has 0 saturated heterocycles. The van der Waals surface area contributed by atoms with Crippen LogP contribution in [0, 0.1) is 6.92 Å². The van der Waals surface area contributed by atoms with Gasteiger partial charge in [-0.15, -0.1) is 0 Å². The van der Waals surface area contributed by atoms with Crippen LogP contribution in [0.5, 0.6) is 0 Å². The summed E-state index contributed by atoms with van der Waals surface area (Å²) < 4.78 is 28.9. The SMILES string of the molecule is Cc1ccc(S(=O)(=O)N(CC(=O)N[C@@H](C)c2ccc(Br)cc2)Cc2ccc(Cl)cc2Cl)cc1. The van der Waals surface area contributed by atoms with Crippen LogP contribution in [0.2, 0.25) is 10.0 Å². The second-order valence-electron chi connectivity index (χ2n) is 7.66. The Labute approximate surface area is 212 Å². The van der Waals surface area contributed by atoms with E-state index in [2.05, 4.69) is 21.2 Å². The fourth-order valence-corrected chi connectivity index (χ4v) is 5.31. The Bertz CT molecular complexity index is 1230. The molecule has 3 aromatic rings. The molecule has 0 fully saturated rings. The normalized spacial score (nSPS) is 12.5. The number of hydrogen-bond acceptors (Lipinski definition) is 3. The second kappa shape index (κ2) is 11.0. The fourth-order valence-electron chi connectivity index (χ4n) is 3.21. The van der Waals surface area contributed by atoms with Crippen molar-refractivity contribution in [2.75, 3.05) is 6.54 Å². The lowest BCUT2D eigenvalue weighted by Gasteiger charge is -2.24. The predicted octanol–water partition coefficient (Wildman–Crippen LogP) is 6.13. The van der Waals surface area contributed by atoms with Gasteiger partial charge in [-0.1, -0.05) is 75.0 Å². The van der Waals surface area contributed by atoms with Crippen molar-refractivity contribution in [3.8, 4) is 0 Å². The van der Waals surface area contributed by atoms with Crippen molar-refractivity contribution in [1.29, 1.82) is 0 Å². The van der Waals surface area contributed by atoms with Crippen molar-refractivity contribution >= 4 is 55.1 Å². The van der Waals surface area contributed by atoms with E-state index in [1.54, 1.807) is 30.3 Å². The molecule has 0 aromatic heterocycles. The predicted molar refractivity (Wildman–Crippen MR) is 136 cm³/mol. The molecule has 0 aliphatic heterocycles. The van der Waals surface area contributed by atoms with E-state index < -0.39 is 15.9 Å². The van der Waals surface area contributed by atoms with Gasteiger partial charge in [-0.25, -0.2) is 8.42 Å². The van der Waals surface area contributed by atoms with E-state index in [4.69, 9.17) is 23.2 Å². The molecule has 0 spiro atoms. The maximum absolute atomic E-state index is 13.4. The Morgan fingerprint density at radius 2 is 1.67 bits per heavy atom. The monoisotopic (exact) mass is 568 g/mol. The molecule has 1 atom stereocenters. The first kappa shape index (κ1) is 25.7. The zero-order valence-corrected chi connectivity index (χ0v) is 22.0. The van der Waals surface area contributed by atoms with Gasteiger partial charge in [0.25, 0.3) is 0 Å². The largest absolute Gasteiger partial charge is 0.348 e. The van der Waals surface area contributed by atoms with Crippen molar-refractivity contribution < 1.29 is 13.2 Å². The van der Waals surface area contributed by atoms with Crippen molar-refractivity contribution in [2.45, 2.75) is 31.3 Å². The summed E-state index contributed by atoms with van der Waals surface area (Å²) in [4.78, 5) is 13.0. The molecule has 1 N–H and O–H groups in total. The van der Waals surface area contributed by atoms with Gasteiger partial charge in [-0.3, -0.25) is 4.79 Å². The van der Waals surface area contributed by atoms with E-state index in [1.807, 2.05) is 38.1 Å². The van der Waals surface area contributed by atoms with E-state index in [-0.39, 0.29) is 24.0 Å². The van der Waals surface area contributed by atoms with E-state index in [0.717, 1.165) is 19.9 Å². The third kappa shape index (κ3) is 6.80. The summed E-state index contributed by atoms with van der Waals surface area (Å²) in [7, 11) is -3.97. The van der Waals surface area contributed by atoms with Crippen LogP contribution in [0.1, 0.15) is 29.7 Å². The maximum Gasteiger partial charge on any atom is 0.243 e. The minimum absolute atomic E-state index is 0.0771. The molecule has 0 bridgehead atoms. The highest BCUT2D eigenvalue weighted by Gasteiger charge is 2.28. The van der Waals surface area contributed by atoms with Gasteiger partial charge < -0.3 is 5.32 Å². The smallest absolute Gasteiger partial charge is 0.243 e. The van der Waals surface area contributed by atoms with Crippen LogP contribution in [-0.4, -0.2) is 25.2 Å². The number of sulfonamides is 1. The molecule has 0 heterocycles. The van der Waals surface area contributed by atoms with Crippen molar-refractivity contribution in [3.05, 3.63) is 97.9 Å². The number of amides is 1. The highest BCUT2D eigenvalue weighted by atomic mass is 79.9. The van der Waals surface area contributed by atoms with Gasteiger partial charge in [-0.2, -0.15) is 4.31 Å². The molecule has 33 heavy (non-hydrogen) atoms. The van der Waals surface area contributed by atoms with E-state index in [9.17, 15) is 13.2 Å². The first-order valence-corrected chi connectivity index (χ1v) is 13.1. The van der Waals surface area contributed by atoms with Gasteiger partial charge in [0, 0.05) is 21.1 Å². The van der Waals surface area contributed by atoms with Crippen LogP contribution >= 0.6 is 39.1 Å². The summed E-state index contributed by atoms with van der Waals surface area (Å²) in [6, 6.07) is 18.6. The number of rotatable bonds is 8. The average molecular weight is 570 g/mol. The number of halogens is 3. The fraction of sp³-hybridized carbons (Fsp3) is 0.208. The Morgan fingerprint density at radius 3 is 2.27 bits per heavy atom. The molecule has 0 aliphatic rings. The molecule has 1 amide bonds. The standard InChI is InChI=1S/C24H23BrCl2N2O3S/c1-16-3-11-22(12-4-16)33(31,32)29(14-19-7-10-21(26)13-23(19)27)15-24(30)28-17(2)18-5-8-20(25)9-6-18/h3-13,17H,14-15H2,1-2H3,(H,28,30)/t17-/m0/s1. The van der Waals surface area contributed by atoms with Gasteiger partial charge in [-0.05, 0) is 61.4 Å². The van der Waals surface area contributed by atoms with Crippen molar-refractivity contribution in [2.24, 2.45) is 0 Å². The van der Waals surface area contributed by atoms with Crippen LogP contribution in [0.15, 0.2) is 76.1 Å². The summed E-state index contributed by atoms with van der Waals surface area (Å²) in [6.07, 6.45) is 0. The lowest BCUT2D eigenvalue weighted by Crippen LogP contribution is -2.41. The molecule has 0 saturated carbocycles. The van der Waals surface area contributed by atoms with Crippen LogP contribution in [0.4, 0.5) is 0 Å². The maximum atomic E-state index is 13.4. The minimum atomic E-state index is -3.97. The highest BCUT2D eigenvalue weighted by molar-refractivity contribution is 9.10. The summed E-state index contributed by atoms with van der Waals surface area (Å²) >= 11 is 15.7. The zero-order chi connectivity index (χ0) is 24.2. The third-order valence-corrected chi connectivity index (χ3v) is 8.01. The number of carbonyl (C=O) groups excluding carboxylic acids is 1. The van der Waals surface area contributed by atoms with Gasteiger partial charge >= 0.3 is 0 Å². The molecule has 5 nitrogen and oxygen atoms in total. The summed E-state index contributed by atoms with van der Waals surface area (Å²) in [5.74, 6) is -0.425. The summed E-state index contributed by atoms with van der Waals surface area (Å²) in [6.45, 7) is 3.27. The van der Waals surface area contributed by atoms with Gasteiger partial charge in [0.2, 0.25) is 15.9 Å². The first-order chi connectivity index (χ1) is 15.6. The molecule has 3 rings (SSSR count). The number of hydrogen-bond donors (Lipinski definition) is 1. The average Bonchev–Trinajstić information content (AvgIpc) is 2.75. The number of benzene rings is 3. The van der Waals surface area contributed by atoms with E-state index in [1.165, 1.54) is 12.1 Å². The van der Waals surface area contributed by atoms with Crippen LogP contribution in [0.3, 0.4) is 0 Å². The van der Waals surface area contributed by atoms with Crippen LogP contribution in [-0.2, 0) is 21.4 Å². The minimum Gasteiger partial charge on any atom is -0.348 e. The lowest BCUT2D eigenvalue weighted by atomic mass is 10.1. The second-order valence-corrected chi connectivity index (χ2v) is 11.4. The molecular formula is C24H23BrCl2N2O3S. The lowest BCUT2D eigenvalue weighted by molar-refractivity contribution is -0.122. The Balaban J connectivity index is 1.86. The van der Waals surface area contributed by atoms with E-state index in [0.29, 0.717) is 15.6 Å². The Morgan fingerprint density at radius 1 is 1.03 bits per heavy atom. The Kier molecular flexibility index (Phi) is 8.59. The topological polar surface area (TPSA) is 66.5 Å². The summed E-state index contributed by atoms with van der Waals surface area (Å²) in [5.41, 5.74) is 2.38. The molecule has 0 radical (unpaired) electrons.